The Kier molecular flexibility index (Phi) is 5.39. The molecule has 6 nitrogen and oxygen atoms in total. The molecule has 1 aliphatic carbocycles. The van der Waals surface area contributed by atoms with Crippen LogP contribution < -0.4 is 9.64 Å². The number of nitrogens with one attached hydrogen (secondary N) is 1. The lowest BCUT2D eigenvalue weighted by molar-refractivity contribution is -0.987. The lowest BCUT2D eigenvalue weighted by Gasteiger charge is -2.52. The van der Waals surface area contributed by atoms with Crippen LogP contribution in [0.5, 0.6) is 5.75 Å². The lowest BCUT2D eigenvalue weighted by atomic mass is 9.68. The molecule has 1 saturated heterocycles. The van der Waals surface area contributed by atoms with E-state index in [2.05, 4.69) is 11.8 Å². The summed E-state index contributed by atoms with van der Waals surface area (Å²) in [6.45, 7) is 3.30. The zero-order valence-electron chi connectivity index (χ0n) is 17.5. The maximum Gasteiger partial charge on any atom is 0.270 e. The molecule has 0 aromatic heterocycles. The number of morpholine rings is 1. The van der Waals surface area contributed by atoms with Gasteiger partial charge in [0, 0.05) is 29.7 Å². The summed E-state index contributed by atoms with van der Waals surface area (Å²) in [5.41, 5.74) is 1.56. The standard InChI is InChI=1S/C25H26N2O4/c28-27(29)20-10-12-24-22(18-20)21(11-9-19-6-2-1-3-7-19)23-8-4-5-13-25(23,31-24)26-14-16-30-17-15-26/h1-3,6-7,10,12,18,21,23H,4-5,8,13-17H2/p+1/t21-,23-,25-/m1/s1. The molecule has 0 amide bonds. The summed E-state index contributed by atoms with van der Waals surface area (Å²) in [5.74, 6) is 7.72. The molecule has 2 heterocycles. The fourth-order valence-corrected chi connectivity index (χ4v) is 5.54. The third-order valence-corrected chi connectivity index (χ3v) is 6.99. The second-order valence-corrected chi connectivity index (χ2v) is 8.65. The van der Waals surface area contributed by atoms with Crippen molar-refractivity contribution >= 4 is 5.69 Å². The molecule has 0 bridgehead atoms. The number of nitrogens with zero attached hydrogens (tertiary/aromatic N) is 1. The minimum Gasteiger partial charge on any atom is -0.440 e. The summed E-state index contributed by atoms with van der Waals surface area (Å²) in [6.07, 6.45) is 4.25. The second kappa shape index (κ2) is 8.33. The Bertz CT molecular complexity index is 1020. The first kappa shape index (κ1) is 20.0. The van der Waals surface area contributed by atoms with Gasteiger partial charge in [-0.2, -0.15) is 0 Å². The maximum absolute atomic E-state index is 11.5. The number of non-ortho nitro benzene ring substituents is 1. The van der Waals surface area contributed by atoms with Gasteiger partial charge in [0.1, 0.15) is 18.8 Å². The van der Waals surface area contributed by atoms with E-state index in [-0.39, 0.29) is 28.2 Å². The van der Waals surface area contributed by atoms with Crippen molar-refractivity contribution in [3.05, 3.63) is 69.8 Å². The van der Waals surface area contributed by atoms with Crippen molar-refractivity contribution in [1.82, 2.24) is 0 Å². The van der Waals surface area contributed by atoms with Crippen LogP contribution in [0.3, 0.4) is 0 Å². The fraction of sp³-hybridized carbons (Fsp3) is 0.440. The highest BCUT2D eigenvalue weighted by Crippen LogP contribution is 2.49. The Labute approximate surface area is 182 Å². The topological polar surface area (TPSA) is 66.0 Å². The monoisotopic (exact) mass is 419 g/mol. The van der Waals surface area contributed by atoms with E-state index in [9.17, 15) is 10.1 Å². The predicted molar refractivity (Wildman–Crippen MR) is 116 cm³/mol. The number of nitro groups is 1. The van der Waals surface area contributed by atoms with Crippen LogP contribution in [0.2, 0.25) is 0 Å². The van der Waals surface area contributed by atoms with Crippen LogP contribution in [0.15, 0.2) is 48.5 Å². The number of ether oxygens (including phenoxy) is 2. The first-order valence-corrected chi connectivity index (χ1v) is 11.1. The summed E-state index contributed by atoms with van der Waals surface area (Å²) >= 11 is 0. The van der Waals surface area contributed by atoms with Crippen molar-refractivity contribution in [2.45, 2.75) is 37.3 Å². The van der Waals surface area contributed by atoms with Crippen molar-refractivity contribution in [3.8, 4) is 17.6 Å². The molecule has 2 aromatic carbocycles. The second-order valence-electron chi connectivity index (χ2n) is 8.65. The van der Waals surface area contributed by atoms with Gasteiger partial charge in [0.2, 0.25) is 5.72 Å². The highest BCUT2D eigenvalue weighted by molar-refractivity contribution is 5.51. The van der Waals surface area contributed by atoms with Gasteiger partial charge in [-0.15, -0.1) is 0 Å². The average molecular weight is 420 g/mol. The van der Waals surface area contributed by atoms with Crippen LogP contribution >= 0.6 is 0 Å². The molecular formula is C25H27N2O4+. The molecule has 6 heteroatoms. The Morgan fingerprint density at radius 2 is 1.90 bits per heavy atom. The zero-order valence-corrected chi connectivity index (χ0v) is 17.5. The Balaban J connectivity index is 1.63. The van der Waals surface area contributed by atoms with Crippen LogP contribution in [0, 0.1) is 27.9 Å². The summed E-state index contributed by atoms with van der Waals surface area (Å²) < 4.78 is 12.4. The van der Waals surface area contributed by atoms with Crippen molar-refractivity contribution in [2.24, 2.45) is 5.92 Å². The Hall–Kier alpha value is -2.88. The fourth-order valence-electron chi connectivity index (χ4n) is 5.54. The summed E-state index contributed by atoms with van der Waals surface area (Å²) in [4.78, 5) is 12.6. The van der Waals surface area contributed by atoms with E-state index in [0.29, 0.717) is 0 Å². The van der Waals surface area contributed by atoms with E-state index < -0.39 is 0 Å². The van der Waals surface area contributed by atoms with Gasteiger partial charge in [0.25, 0.3) is 5.69 Å². The Morgan fingerprint density at radius 3 is 2.68 bits per heavy atom. The smallest absolute Gasteiger partial charge is 0.270 e. The molecule has 31 heavy (non-hydrogen) atoms. The normalized spacial score (nSPS) is 27.7. The third kappa shape index (κ3) is 3.69. The third-order valence-electron chi connectivity index (χ3n) is 6.99. The molecule has 3 atom stereocenters. The number of benzene rings is 2. The lowest BCUT2D eigenvalue weighted by Crippen LogP contribution is -3.24. The van der Waals surface area contributed by atoms with Crippen LogP contribution in [0.4, 0.5) is 5.69 Å². The highest BCUT2D eigenvalue weighted by atomic mass is 16.6. The largest absolute Gasteiger partial charge is 0.440 e. The highest BCUT2D eigenvalue weighted by Gasteiger charge is 2.57. The minimum absolute atomic E-state index is 0.0934. The van der Waals surface area contributed by atoms with E-state index in [1.165, 1.54) is 4.90 Å². The van der Waals surface area contributed by atoms with Gasteiger partial charge >= 0.3 is 0 Å². The van der Waals surface area contributed by atoms with Gasteiger partial charge in [-0.1, -0.05) is 36.5 Å². The molecule has 0 spiro atoms. The molecule has 2 aliphatic heterocycles. The van der Waals surface area contributed by atoms with Crippen molar-refractivity contribution in [1.29, 1.82) is 0 Å². The summed E-state index contributed by atoms with van der Waals surface area (Å²) in [6, 6.07) is 14.9. The SMILES string of the molecule is O=[N+]([O-])c1ccc2c(c1)[C@@H](C#Cc1ccccc1)[C@H]1CCCC[C@@]1([NH+]1CCOCC1)O2. The van der Waals surface area contributed by atoms with Gasteiger partial charge in [-0.05, 0) is 31.0 Å². The van der Waals surface area contributed by atoms with Crippen molar-refractivity contribution < 1.29 is 19.3 Å². The molecule has 2 fully saturated rings. The number of hydrogen-bond donors (Lipinski definition) is 1. The maximum atomic E-state index is 11.5. The van der Waals surface area contributed by atoms with Gasteiger partial charge in [0.15, 0.2) is 0 Å². The number of rotatable bonds is 2. The van der Waals surface area contributed by atoms with Gasteiger partial charge in [-0.3, -0.25) is 15.0 Å². The van der Waals surface area contributed by atoms with Crippen LogP contribution in [0.1, 0.15) is 42.7 Å². The van der Waals surface area contributed by atoms with E-state index in [0.717, 1.165) is 68.9 Å². The van der Waals surface area contributed by atoms with Gasteiger partial charge in [0.05, 0.1) is 30.0 Å². The summed E-state index contributed by atoms with van der Waals surface area (Å²) in [7, 11) is 0. The van der Waals surface area contributed by atoms with Gasteiger partial charge < -0.3 is 9.47 Å². The molecule has 3 aliphatic rings. The molecule has 5 rings (SSSR count). The average Bonchev–Trinajstić information content (AvgIpc) is 2.82. The van der Waals surface area contributed by atoms with E-state index in [1.807, 2.05) is 30.3 Å². The minimum atomic E-state index is -0.346. The first-order valence-electron chi connectivity index (χ1n) is 11.1. The van der Waals surface area contributed by atoms with Crippen LogP contribution in [-0.2, 0) is 4.74 Å². The Morgan fingerprint density at radius 1 is 1.10 bits per heavy atom. The van der Waals surface area contributed by atoms with Crippen molar-refractivity contribution in [3.63, 3.8) is 0 Å². The van der Waals surface area contributed by atoms with Crippen LogP contribution in [-0.4, -0.2) is 37.0 Å². The first-order chi connectivity index (χ1) is 15.2. The molecule has 1 saturated carbocycles. The van der Waals surface area contributed by atoms with Gasteiger partial charge in [-0.25, -0.2) is 0 Å². The van der Waals surface area contributed by atoms with E-state index in [1.54, 1.807) is 18.2 Å². The molecule has 160 valence electrons. The van der Waals surface area contributed by atoms with Crippen molar-refractivity contribution in [2.75, 3.05) is 26.3 Å². The predicted octanol–water partition coefficient (Wildman–Crippen LogP) is 2.92. The molecule has 2 aromatic rings. The molecule has 0 radical (unpaired) electrons. The van der Waals surface area contributed by atoms with E-state index in [4.69, 9.17) is 9.47 Å². The number of hydrogen-bond acceptors (Lipinski definition) is 4. The van der Waals surface area contributed by atoms with E-state index >= 15 is 0 Å². The molecular weight excluding hydrogens is 392 g/mol. The number of fused-ring (bicyclic) bond motifs is 2. The molecule has 0 unspecified atom stereocenters. The summed E-state index contributed by atoms with van der Waals surface area (Å²) in [5, 5.41) is 11.5. The zero-order chi connectivity index (χ0) is 21.3. The number of quaternary nitrogens is 1. The van der Waals surface area contributed by atoms with Crippen LogP contribution in [0.25, 0.3) is 0 Å². The quantitative estimate of drug-likeness (QED) is 0.462. The molecule has 1 N–H and O–H groups in total. The number of nitro benzene ring substituents is 1.